The number of nitrogens with one attached hydrogen (secondary N) is 2. The third-order valence-corrected chi connectivity index (χ3v) is 4.85. The van der Waals surface area contributed by atoms with Gasteiger partial charge in [0.1, 0.15) is 12.0 Å². The number of amides is 2. The van der Waals surface area contributed by atoms with Gasteiger partial charge < -0.3 is 20.0 Å². The quantitative estimate of drug-likeness (QED) is 0.862. The van der Waals surface area contributed by atoms with Gasteiger partial charge in [-0.05, 0) is 24.9 Å². The molecular weight excluding hydrogens is 353 g/mol. The normalized spacial score (nSPS) is 24.8. The van der Waals surface area contributed by atoms with E-state index in [1.807, 2.05) is 0 Å². The number of carbonyl (C=O) groups excluding carboxylic acids is 2. The van der Waals surface area contributed by atoms with Crippen LogP contribution in [0.15, 0.2) is 22.9 Å². The maximum atomic E-state index is 12.4. The Balaban J connectivity index is 1.54. The van der Waals surface area contributed by atoms with E-state index in [1.165, 1.54) is 12.3 Å². The van der Waals surface area contributed by atoms with E-state index in [4.69, 9.17) is 4.42 Å². The van der Waals surface area contributed by atoms with Gasteiger partial charge >= 0.3 is 12.1 Å². The van der Waals surface area contributed by atoms with Crippen LogP contribution in [-0.2, 0) is 4.79 Å². The molecule has 7 nitrogen and oxygen atoms in total. The Labute approximate surface area is 145 Å². The fourth-order valence-electron chi connectivity index (χ4n) is 3.54. The lowest BCUT2D eigenvalue weighted by molar-refractivity contribution is -0.167. The first-order valence-corrected chi connectivity index (χ1v) is 8.10. The first-order valence-electron chi connectivity index (χ1n) is 8.10. The summed E-state index contributed by atoms with van der Waals surface area (Å²) in [6.45, 7) is 2.79. The molecule has 2 amide bonds. The number of aromatic nitrogens is 1. The molecule has 4 rings (SSSR count). The van der Waals surface area contributed by atoms with Crippen molar-refractivity contribution in [2.75, 3.05) is 25.0 Å². The lowest BCUT2D eigenvalue weighted by Gasteiger charge is -2.22. The number of pyridine rings is 1. The summed E-state index contributed by atoms with van der Waals surface area (Å²) in [5.41, 5.74) is 0.0639. The smallest absolute Gasteiger partial charge is 0.460 e. The number of rotatable bonds is 3. The molecule has 0 aromatic carbocycles. The number of alkyl halides is 3. The van der Waals surface area contributed by atoms with E-state index in [9.17, 15) is 22.8 Å². The van der Waals surface area contributed by atoms with Crippen LogP contribution < -0.4 is 10.6 Å². The van der Waals surface area contributed by atoms with Crippen LogP contribution in [0.1, 0.15) is 16.9 Å². The lowest BCUT2D eigenvalue weighted by Crippen LogP contribution is -2.43. The van der Waals surface area contributed by atoms with Crippen molar-refractivity contribution in [3.05, 3.63) is 24.2 Å². The number of halogens is 3. The third kappa shape index (κ3) is 3.00. The Bertz CT molecular complexity index is 879. The number of piperidine rings is 1. The van der Waals surface area contributed by atoms with Gasteiger partial charge in [-0.25, -0.2) is 4.98 Å². The molecule has 4 heterocycles. The third-order valence-electron chi connectivity index (χ3n) is 4.85. The van der Waals surface area contributed by atoms with E-state index in [-0.39, 0.29) is 28.4 Å². The van der Waals surface area contributed by atoms with Gasteiger partial charge in [-0.3, -0.25) is 9.59 Å². The molecule has 2 aliphatic rings. The van der Waals surface area contributed by atoms with Crippen molar-refractivity contribution in [3.8, 4) is 0 Å². The van der Waals surface area contributed by atoms with Crippen molar-refractivity contribution < 1.29 is 27.2 Å². The predicted molar refractivity (Wildman–Crippen MR) is 84.5 cm³/mol. The molecular formula is C16H15F3N4O3. The summed E-state index contributed by atoms with van der Waals surface area (Å²) in [6, 6.07) is 1.36. The monoisotopic (exact) mass is 368 g/mol. The van der Waals surface area contributed by atoms with E-state index < -0.39 is 18.0 Å². The Morgan fingerprint density at radius 1 is 1.31 bits per heavy atom. The van der Waals surface area contributed by atoms with Crippen LogP contribution >= 0.6 is 0 Å². The van der Waals surface area contributed by atoms with E-state index >= 15 is 0 Å². The second-order valence-corrected chi connectivity index (χ2v) is 6.56. The van der Waals surface area contributed by atoms with Crippen LogP contribution in [0.2, 0.25) is 0 Å². The second kappa shape index (κ2) is 5.97. The van der Waals surface area contributed by atoms with E-state index in [1.54, 1.807) is 5.32 Å². The predicted octanol–water partition coefficient (Wildman–Crippen LogP) is 1.76. The molecule has 0 aliphatic carbocycles. The molecule has 3 atom stereocenters. The van der Waals surface area contributed by atoms with Crippen LogP contribution in [0.5, 0.6) is 0 Å². The highest BCUT2D eigenvalue weighted by Crippen LogP contribution is 2.29. The van der Waals surface area contributed by atoms with Crippen molar-refractivity contribution in [3.63, 3.8) is 0 Å². The number of hydrogen-bond acceptors (Lipinski definition) is 5. The summed E-state index contributed by atoms with van der Waals surface area (Å²) in [5, 5.41) is 4.85. The van der Waals surface area contributed by atoms with Gasteiger partial charge in [0.2, 0.25) is 0 Å². The SMILES string of the molecule is O=C(NC1CN2CCC1C2)c1cc2c(NC(=O)C(F)(F)F)coc2cn1. The highest BCUT2D eigenvalue weighted by Gasteiger charge is 2.40. The molecule has 2 saturated heterocycles. The summed E-state index contributed by atoms with van der Waals surface area (Å²) >= 11 is 0. The first kappa shape index (κ1) is 16.8. The summed E-state index contributed by atoms with van der Waals surface area (Å²) in [7, 11) is 0. The Kier molecular flexibility index (Phi) is 3.87. The average Bonchev–Trinajstić information content (AvgIpc) is 3.29. The average molecular weight is 368 g/mol. The fourth-order valence-corrected chi connectivity index (χ4v) is 3.54. The molecule has 2 N–H and O–H groups in total. The molecule has 2 aromatic rings. The minimum Gasteiger partial charge on any atom is -0.460 e. The van der Waals surface area contributed by atoms with Gasteiger partial charge in [-0.2, -0.15) is 13.2 Å². The number of carbonyl (C=O) groups is 2. The van der Waals surface area contributed by atoms with E-state index in [0.29, 0.717) is 5.92 Å². The highest BCUT2D eigenvalue weighted by atomic mass is 19.4. The van der Waals surface area contributed by atoms with Gasteiger partial charge in [0.05, 0.1) is 11.9 Å². The molecule has 2 fully saturated rings. The molecule has 2 aromatic heterocycles. The fraction of sp³-hybridized carbons (Fsp3) is 0.438. The standard InChI is InChI=1S/C16H15F3N4O3/c17-16(18,19)15(25)22-12-7-26-13-4-20-10(3-9(12)13)14(24)21-11-6-23-2-1-8(11)5-23/h3-4,7-8,11H,1-2,5-6H2,(H,21,24)(H,22,25). The number of nitrogens with zero attached hydrogens (tertiary/aromatic N) is 2. The van der Waals surface area contributed by atoms with E-state index in [0.717, 1.165) is 32.3 Å². The van der Waals surface area contributed by atoms with Crippen molar-refractivity contribution in [1.82, 2.24) is 15.2 Å². The molecule has 2 bridgehead atoms. The van der Waals surface area contributed by atoms with Gasteiger partial charge in [-0.1, -0.05) is 0 Å². The summed E-state index contributed by atoms with van der Waals surface area (Å²) in [6.07, 6.45) is -1.75. The van der Waals surface area contributed by atoms with Gasteiger partial charge in [0.25, 0.3) is 5.91 Å². The van der Waals surface area contributed by atoms with Crippen molar-refractivity contribution in [2.45, 2.75) is 18.6 Å². The maximum Gasteiger partial charge on any atom is 0.471 e. The topological polar surface area (TPSA) is 87.5 Å². The number of anilines is 1. The molecule has 0 spiro atoms. The van der Waals surface area contributed by atoms with Crippen LogP contribution in [0, 0.1) is 5.92 Å². The van der Waals surface area contributed by atoms with Crippen molar-refractivity contribution in [1.29, 1.82) is 0 Å². The lowest BCUT2D eigenvalue weighted by atomic mass is 10.00. The van der Waals surface area contributed by atoms with Crippen molar-refractivity contribution in [2.24, 2.45) is 5.92 Å². The Morgan fingerprint density at radius 2 is 2.12 bits per heavy atom. The Hall–Kier alpha value is -2.62. The molecule has 0 radical (unpaired) electrons. The highest BCUT2D eigenvalue weighted by molar-refractivity contribution is 6.04. The zero-order valence-corrected chi connectivity index (χ0v) is 13.5. The minimum absolute atomic E-state index is 0.0440. The summed E-state index contributed by atoms with van der Waals surface area (Å²) in [4.78, 5) is 29.8. The molecule has 26 heavy (non-hydrogen) atoms. The number of hydrogen-bond donors (Lipinski definition) is 2. The molecule has 10 heteroatoms. The zero-order valence-electron chi connectivity index (χ0n) is 13.5. The number of furan rings is 1. The zero-order chi connectivity index (χ0) is 18.5. The van der Waals surface area contributed by atoms with Crippen LogP contribution in [0.3, 0.4) is 0 Å². The molecule has 3 unspecified atom stereocenters. The maximum absolute atomic E-state index is 12.4. The largest absolute Gasteiger partial charge is 0.471 e. The molecule has 2 aliphatic heterocycles. The van der Waals surface area contributed by atoms with E-state index in [2.05, 4.69) is 15.2 Å². The molecule has 138 valence electrons. The minimum atomic E-state index is -5.02. The van der Waals surface area contributed by atoms with Crippen LogP contribution in [0.4, 0.5) is 18.9 Å². The first-order chi connectivity index (χ1) is 12.3. The van der Waals surface area contributed by atoms with Gasteiger partial charge in [0, 0.05) is 24.5 Å². The summed E-state index contributed by atoms with van der Waals surface area (Å²) in [5.74, 6) is -2.10. The summed E-state index contributed by atoms with van der Waals surface area (Å²) < 4.78 is 42.4. The van der Waals surface area contributed by atoms with Crippen molar-refractivity contribution >= 4 is 28.5 Å². The van der Waals surface area contributed by atoms with Gasteiger partial charge in [0.15, 0.2) is 5.58 Å². The molecule has 0 saturated carbocycles. The number of fused-ring (bicyclic) bond motifs is 3. The van der Waals surface area contributed by atoms with Crippen LogP contribution in [-0.4, -0.2) is 53.6 Å². The van der Waals surface area contributed by atoms with Crippen LogP contribution in [0.25, 0.3) is 11.0 Å². The van der Waals surface area contributed by atoms with Gasteiger partial charge in [-0.15, -0.1) is 0 Å². The Morgan fingerprint density at radius 3 is 2.77 bits per heavy atom. The second-order valence-electron chi connectivity index (χ2n) is 6.56.